The molecule has 0 radical (unpaired) electrons. The second-order valence-electron chi connectivity index (χ2n) is 6.65. The molecule has 0 atom stereocenters. The third kappa shape index (κ3) is 4.63. The maximum absolute atomic E-state index is 12.5. The fourth-order valence-electron chi connectivity index (χ4n) is 2.91. The average Bonchev–Trinajstić information content (AvgIpc) is 3.15. The highest BCUT2D eigenvalue weighted by molar-refractivity contribution is 7.21. The molecule has 0 aliphatic rings. The van der Waals surface area contributed by atoms with Crippen molar-refractivity contribution in [2.75, 3.05) is 5.32 Å². The summed E-state index contributed by atoms with van der Waals surface area (Å²) in [5, 5.41) is 8.30. The molecular formula is C23H17ClN4O2S. The molecule has 0 bridgehead atoms. The van der Waals surface area contributed by atoms with Crippen LogP contribution in [0.25, 0.3) is 10.1 Å². The number of pyridine rings is 1. The van der Waals surface area contributed by atoms with E-state index in [9.17, 15) is 9.59 Å². The monoisotopic (exact) mass is 448 g/mol. The smallest absolute Gasteiger partial charge is 0.283 e. The molecule has 0 aliphatic carbocycles. The molecule has 0 unspecified atom stereocenters. The van der Waals surface area contributed by atoms with E-state index in [1.165, 1.54) is 11.3 Å². The SMILES string of the molecule is C/C(=N/NC(=O)c1sc2ccccc2c1Cl)c1ccc(NC(=O)c2ccncc2)cc1. The molecule has 2 amide bonds. The largest absolute Gasteiger partial charge is 0.322 e. The Hall–Kier alpha value is -3.55. The van der Waals surface area contributed by atoms with Crippen LogP contribution in [0.4, 0.5) is 5.69 Å². The van der Waals surface area contributed by atoms with Crippen molar-refractivity contribution in [1.29, 1.82) is 0 Å². The summed E-state index contributed by atoms with van der Waals surface area (Å²) in [7, 11) is 0. The summed E-state index contributed by atoms with van der Waals surface area (Å²) in [4.78, 5) is 29.1. The standard InChI is InChI=1S/C23H17ClN4O2S/c1-14(27-28-23(30)21-20(24)18-4-2-3-5-19(18)31-21)15-6-8-17(9-7-15)26-22(29)16-10-12-25-13-11-16/h2-13H,1H3,(H,26,29)(H,28,30)/b27-14-. The number of nitrogens with zero attached hydrogens (tertiary/aromatic N) is 2. The summed E-state index contributed by atoms with van der Waals surface area (Å²) >= 11 is 7.68. The number of rotatable bonds is 5. The predicted octanol–water partition coefficient (Wildman–Crippen LogP) is 5.36. The molecule has 6 nitrogen and oxygen atoms in total. The minimum absolute atomic E-state index is 0.215. The number of halogens is 1. The van der Waals surface area contributed by atoms with Crippen LogP contribution in [0.1, 0.15) is 32.5 Å². The van der Waals surface area contributed by atoms with Crippen molar-refractivity contribution in [3.8, 4) is 0 Å². The van der Waals surface area contributed by atoms with Crippen molar-refractivity contribution in [2.24, 2.45) is 5.10 Å². The number of hydrogen-bond acceptors (Lipinski definition) is 5. The van der Waals surface area contributed by atoms with E-state index < -0.39 is 0 Å². The number of hydrogen-bond donors (Lipinski definition) is 2. The normalized spacial score (nSPS) is 11.4. The Morgan fingerprint density at radius 2 is 1.65 bits per heavy atom. The van der Waals surface area contributed by atoms with Gasteiger partial charge in [-0.05, 0) is 42.8 Å². The molecule has 2 heterocycles. The minimum Gasteiger partial charge on any atom is -0.322 e. The van der Waals surface area contributed by atoms with E-state index >= 15 is 0 Å². The van der Waals surface area contributed by atoms with E-state index in [0.717, 1.165) is 15.6 Å². The molecule has 0 spiro atoms. The molecule has 2 aromatic heterocycles. The van der Waals surface area contributed by atoms with Crippen molar-refractivity contribution in [3.05, 3.63) is 94.1 Å². The molecule has 0 fully saturated rings. The fraction of sp³-hybridized carbons (Fsp3) is 0.0435. The summed E-state index contributed by atoms with van der Waals surface area (Å²) in [5.74, 6) is -0.570. The van der Waals surface area contributed by atoms with Crippen LogP contribution in [-0.4, -0.2) is 22.5 Å². The zero-order valence-electron chi connectivity index (χ0n) is 16.4. The maximum Gasteiger partial charge on any atom is 0.283 e. The van der Waals surface area contributed by atoms with Crippen molar-refractivity contribution >= 4 is 56.2 Å². The van der Waals surface area contributed by atoms with Crippen molar-refractivity contribution in [1.82, 2.24) is 10.4 Å². The first-order valence-corrected chi connectivity index (χ1v) is 10.6. The number of carbonyl (C=O) groups is 2. The van der Waals surface area contributed by atoms with Crippen LogP contribution in [0.15, 0.2) is 78.2 Å². The van der Waals surface area contributed by atoms with Crippen LogP contribution in [-0.2, 0) is 0 Å². The molecule has 0 saturated heterocycles. The Balaban J connectivity index is 1.42. The van der Waals surface area contributed by atoms with Gasteiger partial charge >= 0.3 is 0 Å². The summed E-state index contributed by atoms with van der Waals surface area (Å²) in [6.45, 7) is 1.79. The second kappa shape index (κ2) is 9.07. The Labute approximate surface area is 187 Å². The van der Waals surface area contributed by atoms with E-state index in [0.29, 0.717) is 26.9 Å². The number of amides is 2. The van der Waals surface area contributed by atoms with Crippen LogP contribution >= 0.6 is 22.9 Å². The fourth-order valence-corrected chi connectivity index (χ4v) is 4.32. The van der Waals surface area contributed by atoms with E-state index in [1.54, 1.807) is 43.6 Å². The lowest BCUT2D eigenvalue weighted by atomic mass is 10.1. The van der Waals surface area contributed by atoms with Crippen molar-refractivity contribution in [2.45, 2.75) is 6.92 Å². The van der Waals surface area contributed by atoms with E-state index in [4.69, 9.17) is 11.6 Å². The van der Waals surface area contributed by atoms with Gasteiger partial charge in [-0.3, -0.25) is 14.6 Å². The van der Waals surface area contributed by atoms with Crippen molar-refractivity contribution < 1.29 is 9.59 Å². The van der Waals surface area contributed by atoms with Gasteiger partial charge in [-0.25, -0.2) is 5.43 Å². The summed E-state index contributed by atoms with van der Waals surface area (Å²) < 4.78 is 0.947. The summed E-state index contributed by atoms with van der Waals surface area (Å²) in [5.41, 5.74) is 5.18. The van der Waals surface area contributed by atoms with Crippen LogP contribution in [0, 0.1) is 0 Å². The number of nitrogens with one attached hydrogen (secondary N) is 2. The highest BCUT2D eigenvalue weighted by atomic mass is 35.5. The third-order valence-corrected chi connectivity index (χ3v) is 6.24. The minimum atomic E-state index is -0.355. The van der Waals surface area contributed by atoms with Gasteiger partial charge in [0.1, 0.15) is 4.88 Å². The van der Waals surface area contributed by atoms with Gasteiger partial charge in [-0.15, -0.1) is 11.3 Å². The predicted molar refractivity (Wildman–Crippen MR) is 125 cm³/mol. The molecular weight excluding hydrogens is 432 g/mol. The van der Waals surface area contributed by atoms with Crippen LogP contribution < -0.4 is 10.7 Å². The van der Waals surface area contributed by atoms with Gasteiger partial charge in [0.05, 0.1) is 10.7 Å². The van der Waals surface area contributed by atoms with Gasteiger partial charge < -0.3 is 5.32 Å². The lowest BCUT2D eigenvalue weighted by Gasteiger charge is -2.07. The molecule has 154 valence electrons. The maximum atomic E-state index is 12.5. The average molecular weight is 449 g/mol. The Morgan fingerprint density at radius 3 is 2.35 bits per heavy atom. The highest BCUT2D eigenvalue weighted by Crippen LogP contribution is 2.34. The van der Waals surface area contributed by atoms with Crippen molar-refractivity contribution in [3.63, 3.8) is 0 Å². The molecule has 0 aliphatic heterocycles. The number of fused-ring (bicyclic) bond motifs is 1. The first kappa shape index (κ1) is 20.7. The molecule has 0 saturated carbocycles. The van der Waals surface area contributed by atoms with Gasteiger partial charge in [0.2, 0.25) is 0 Å². The molecule has 2 N–H and O–H groups in total. The van der Waals surface area contributed by atoms with Gasteiger partial charge in [0.15, 0.2) is 0 Å². The highest BCUT2D eigenvalue weighted by Gasteiger charge is 2.16. The van der Waals surface area contributed by atoms with Gasteiger partial charge in [0, 0.05) is 33.7 Å². The van der Waals surface area contributed by atoms with E-state index in [2.05, 4.69) is 20.8 Å². The number of benzene rings is 2. The second-order valence-corrected chi connectivity index (χ2v) is 8.08. The summed E-state index contributed by atoms with van der Waals surface area (Å²) in [6.07, 6.45) is 3.14. The van der Waals surface area contributed by atoms with Crippen LogP contribution in [0.2, 0.25) is 5.02 Å². The first-order valence-electron chi connectivity index (χ1n) is 9.36. The topological polar surface area (TPSA) is 83.5 Å². The van der Waals surface area contributed by atoms with Crippen LogP contribution in [0.5, 0.6) is 0 Å². The number of aromatic nitrogens is 1. The van der Waals surface area contributed by atoms with E-state index in [-0.39, 0.29) is 11.8 Å². The Bertz CT molecular complexity index is 1280. The molecule has 2 aromatic carbocycles. The number of thiophene rings is 1. The van der Waals surface area contributed by atoms with E-state index in [1.807, 2.05) is 36.4 Å². The lowest BCUT2D eigenvalue weighted by molar-refractivity contribution is 0.0958. The molecule has 4 aromatic rings. The van der Waals surface area contributed by atoms with Gasteiger partial charge in [-0.2, -0.15) is 5.10 Å². The zero-order chi connectivity index (χ0) is 21.8. The molecule has 8 heteroatoms. The number of hydrazone groups is 1. The first-order chi connectivity index (χ1) is 15.0. The lowest BCUT2D eigenvalue weighted by Crippen LogP contribution is -2.18. The number of anilines is 1. The quantitative estimate of drug-likeness (QED) is 0.318. The summed E-state index contributed by atoms with van der Waals surface area (Å²) in [6, 6.07) is 18.1. The molecule has 31 heavy (non-hydrogen) atoms. The van der Waals surface area contributed by atoms with Gasteiger partial charge in [-0.1, -0.05) is 41.9 Å². The Kier molecular flexibility index (Phi) is 6.06. The van der Waals surface area contributed by atoms with Crippen LogP contribution in [0.3, 0.4) is 0 Å². The molecule has 4 rings (SSSR count). The zero-order valence-corrected chi connectivity index (χ0v) is 18.0. The Morgan fingerprint density at radius 1 is 0.935 bits per heavy atom. The third-order valence-electron chi connectivity index (χ3n) is 4.57. The number of carbonyl (C=O) groups excluding carboxylic acids is 2. The van der Waals surface area contributed by atoms with Gasteiger partial charge in [0.25, 0.3) is 11.8 Å².